The van der Waals surface area contributed by atoms with Crippen LogP contribution in [-0.4, -0.2) is 151 Å². The van der Waals surface area contributed by atoms with Crippen LogP contribution in [0.15, 0.2) is 0 Å². The Labute approximate surface area is 258 Å². The number of aliphatic hydroxyl groups excluding tert-OH is 6. The van der Waals surface area contributed by atoms with Gasteiger partial charge in [0.1, 0.15) is 48.8 Å². The van der Waals surface area contributed by atoms with Crippen molar-refractivity contribution in [1.82, 2.24) is 0 Å². The molecule has 264 valence electrons. The molecule has 19 heteroatoms. The summed E-state index contributed by atoms with van der Waals surface area (Å²) in [5, 5.41) is 85.6. The van der Waals surface area contributed by atoms with Gasteiger partial charge in [0.25, 0.3) is 0 Å². The lowest BCUT2D eigenvalue weighted by atomic mass is 9.91. The third kappa shape index (κ3) is 40.3. The molecule has 0 saturated heterocycles. The van der Waals surface area contributed by atoms with Crippen LogP contribution in [0.5, 0.6) is 0 Å². The van der Waals surface area contributed by atoms with Crippen molar-refractivity contribution in [3.05, 3.63) is 0 Å². The van der Waals surface area contributed by atoms with Crippen molar-refractivity contribution in [1.29, 1.82) is 0 Å². The highest BCUT2D eigenvalue weighted by atomic mass is 16.5. The maximum atomic E-state index is 9.87. The monoisotopic (exact) mass is 662 g/mol. The largest absolute Gasteiger partial charge is 0.481 e. The van der Waals surface area contributed by atoms with Gasteiger partial charge in [-0.2, -0.15) is 0 Å². The van der Waals surface area contributed by atoms with Gasteiger partial charge in [0.15, 0.2) is 0 Å². The standard InChI is InChI=1S/C10H22O7.4C4H6O3/c11-1-9(2-12,3-13)7-17-8-10(4-14,5-15)6-16;4*1-3(5)2-4(6)7/h11-16H,1-8H2;4*2H2,1H3,(H,6,7). The number of carbonyl (C=O) groups excluding carboxylic acids is 4. The Bertz CT molecular complexity index is 715. The molecule has 0 fully saturated rings. The number of hydrogen-bond donors (Lipinski definition) is 10. The van der Waals surface area contributed by atoms with Crippen molar-refractivity contribution >= 4 is 47.0 Å². The number of ether oxygens (including phenoxy) is 1. The smallest absolute Gasteiger partial charge is 0.310 e. The fraction of sp³-hybridized carbons (Fsp3) is 0.692. The van der Waals surface area contributed by atoms with Crippen molar-refractivity contribution in [3.63, 3.8) is 0 Å². The van der Waals surface area contributed by atoms with Gasteiger partial charge < -0.3 is 55.8 Å². The molecule has 0 amide bonds. The molecule has 0 spiro atoms. The number of ketones is 4. The van der Waals surface area contributed by atoms with E-state index in [9.17, 15) is 38.4 Å². The number of rotatable bonds is 18. The first-order valence-electron chi connectivity index (χ1n) is 12.7. The summed E-state index contributed by atoms with van der Waals surface area (Å²) in [7, 11) is 0. The zero-order valence-electron chi connectivity index (χ0n) is 25.6. The third-order valence-corrected chi connectivity index (χ3v) is 4.43. The van der Waals surface area contributed by atoms with Crippen molar-refractivity contribution in [2.24, 2.45) is 10.8 Å². The number of carbonyl (C=O) groups is 8. The van der Waals surface area contributed by atoms with E-state index in [1.807, 2.05) is 0 Å². The number of carboxylic acid groups (broad SMARTS) is 4. The number of carboxylic acids is 4. The van der Waals surface area contributed by atoms with E-state index in [0.29, 0.717) is 0 Å². The maximum absolute atomic E-state index is 9.87. The van der Waals surface area contributed by atoms with Gasteiger partial charge in [-0.1, -0.05) is 0 Å². The Morgan fingerprint density at radius 3 is 0.622 bits per heavy atom. The fourth-order valence-electron chi connectivity index (χ4n) is 1.91. The quantitative estimate of drug-likeness (QED) is 0.0659. The number of aliphatic carboxylic acids is 4. The molecule has 0 aromatic carbocycles. The molecule has 0 heterocycles. The van der Waals surface area contributed by atoms with Crippen molar-refractivity contribution in [2.75, 3.05) is 52.9 Å². The minimum atomic E-state index is -1.16. The van der Waals surface area contributed by atoms with E-state index in [2.05, 4.69) is 0 Å². The minimum Gasteiger partial charge on any atom is -0.481 e. The molecule has 0 saturated carbocycles. The normalized spacial score (nSPS) is 10.0. The van der Waals surface area contributed by atoms with Gasteiger partial charge in [0.2, 0.25) is 0 Å². The van der Waals surface area contributed by atoms with Gasteiger partial charge in [-0.25, -0.2) is 0 Å². The second-order valence-electron chi connectivity index (χ2n) is 9.53. The SMILES string of the molecule is CC(=O)CC(=O)O.CC(=O)CC(=O)O.CC(=O)CC(=O)O.CC(=O)CC(=O)O.OCC(CO)(CO)COCC(CO)(CO)CO. The van der Waals surface area contributed by atoms with Gasteiger partial charge in [-0.15, -0.1) is 0 Å². The van der Waals surface area contributed by atoms with Gasteiger partial charge in [-0.3, -0.25) is 38.4 Å². The van der Waals surface area contributed by atoms with Crippen molar-refractivity contribution < 1.29 is 94.2 Å². The van der Waals surface area contributed by atoms with Crippen LogP contribution in [-0.2, 0) is 43.1 Å². The summed E-state index contributed by atoms with van der Waals surface area (Å²) >= 11 is 0. The average Bonchev–Trinajstić information content (AvgIpc) is 2.88. The molecule has 0 atom stereocenters. The molecule has 0 unspecified atom stereocenters. The Morgan fingerprint density at radius 1 is 0.400 bits per heavy atom. The van der Waals surface area contributed by atoms with Crippen LogP contribution >= 0.6 is 0 Å². The first kappa shape index (κ1) is 50.9. The van der Waals surface area contributed by atoms with Crippen LogP contribution in [0.25, 0.3) is 0 Å². The summed E-state index contributed by atoms with van der Waals surface area (Å²) in [5.41, 5.74) is -2.32. The Hall–Kier alpha value is -3.72. The number of hydrogen-bond acceptors (Lipinski definition) is 15. The summed E-state index contributed by atoms with van der Waals surface area (Å²) in [6.45, 7) is 1.97. The predicted molar refractivity (Wildman–Crippen MR) is 150 cm³/mol. The second kappa shape index (κ2) is 30.3. The molecule has 0 aliphatic heterocycles. The summed E-state index contributed by atoms with van der Waals surface area (Å²) < 4.78 is 5.15. The van der Waals surface area contributed by atoms with E-state index in [0.717, 1.165) is 0 Å². The topological polar surface area (TPSA) is 348 Å². The summed E-state index contributed by atoms with van der Waals surface area (Å²) in [6, 6.07) is 0. The molecule has 0 radical (unpaired) electrons. The molecular formula is C26H46O19. The molecule has 45 heavy (non-hydrogen) atoms. The van der Waals surface area contributed by atoms with Gasteiger partial charge in [0, 0.05) is 0 Å². The molecule has 0 aromatic heterocycles. The van der Waals surface area contributed by atoms with Gasteiger partial charge in [-0.05, 0) is 27.7 Å². The number of aliphatic hydroxyl groups is 6. The zero-order valence-corrected chi connectivity index (χ0v) is 25.6. The maximum Gasteiger partial charge on any atom is 0.310 e. The lowest BCUT2D eigenvalue weighted by Gasteiger charge is -2.31. The molecular weight excluding hydrogens is 616 g/mol. The molecule has 19 nitrogen and oxygen atoms in total. The third-order valence-electron chi connectivity index (χ3n) is 4.43. The van der Waals surface area contributed by atoms with Crippen molar-refractivity contribution in [3.8, 4) is 0 Å². The van der Waals surface area contributed by atoms with E-state index in [1.165, 1.54) is 27.7 Å². The van der Waals surface area contributed by atoms with E-state index >= 15 is 0 Å². The first-order chi connectivity index (χ1) is 20.6. The molecule has 0 aromatic rings. The predicted octanol–water partition coefficient (Wildman–Crippen LogP) is -2.87. The van der Waals surface area contributed by atoms with Crippen LogP contribution < -0.4 is 0 Å². The van der Waals surface area contributed by atoms with E-state index in [1.54, 1.807) is 0 Å². The molecule has 0 aliphatic carbocycles. The fourth-order valence-corrected chi connectivity index (χ4v) is 1.91. The Balaban J connectivity index is -0.000000160. The molecule has 10 N–H and O–H groups in total. The highest BCUT2D eigenvalue weighted by molar-refractivity contribution is 5.94. The molecule has 0 bridgehead atoms. The van der Waals surface area contributed by atoms with E-state index in [-0.39, 0.29) is 62.0 Å². The van der Waals surface area contributed by atoms with Crippen LogP contribution in [0.3, 0.4) is 0 Å². The second-order valence-corrected chi connectivity index (χ2v) is 9.53. The number of Topliss-reactive ketones (excluding diaryl/α,β-unsaturated/α-hetero) is 4. The summed E-state index contributed by atoms with van der Waals surface area (Å²) in [4.78, 5) is 77.8. The highest BCUT2D eigenvalue weighted by Gasteiger charge is 2.32. The lowest BCUT2D eigenvalue weighted by molar-refractivity contribution is -0.141. The van der Waals surface area contributed by atoms with Crippen molar-refractivity contribution in [2.45, 2.75) is 53.4 Å². The zero-order chi connectivity index (χ0) is 36.8. The van der Waals surface area contributed by atoms with E-state index in [4.69, 9.17) is 55.8 Å². The van der Waals surface area contributed by atoms with Crippen LogP contribution in [0.2, 0.25) is 0 Å². The lowest BCUT2D eigenvalue weighted by Crippen LogP contribution is -2.43. The Kier molecular flexibility index (Phi) is 34.3. The summed E-state index contributed by atoms with van der Waals surface area (Å²) in [6.07, 6.45) is -1.44. The molecule has 0 rings (SSSR count). The Morgan fingerprint density at radius 2 is 0.556 bits per heavy atom. The minimum absolute atomic E-state index is 0.141. The highest BCUT2D eigenvalue weighted by Crippen LogP contribution is 2.19. The van der Waals surface area contributed by atoms with E-state index < -0.39 is 74.3 Å². The van der Waals surface area contributed by atoms with Gasteiger partial charge >= 0.3 is 23.9 Å². The molecule has 0 aliphatic rings. The van der Waals surface area contributed by atoms with Crippen LogP contribution in [0.1, 0.15) is 53.4 Å². The van der Waals surface area contributed by atoms with Gasteiger partial charge in [0.05, 0.1) is 63.7 Å². The summed E-state index contributed by atoms with van der Waals surface area (Å²) in [5.74, 6) is -5.50. The first-order valence-corrected chi connectivity index (χ1v) is 12.7. The van der Waals surface area contributed by atoms with Crippen LogP contribution in [0, 0.1) is 10.8 Å². The average molecular weight is 663 g/mol. The van der Waals surface area contributed by atoms with Crippen LogP contribution in [0.4, 0.5) is 0 Å².